The van der Waals surface area contributed by atoms with Crippen molar-refractivity contribution >= 4 is 15.9 Å². The Kier molecular flexibility index (Phi) is 4.69. The summed E-state index contributed by atoms with van der Waals surface area (Å²) in [7, 11) is 0. The van der Waals surface area contributed by atoms with Crippen molar-refractivity contribution in [1.82, 2.24) is 0 Å². The Morgan fingerprint density at radius 1 is 1.36 bits per heavy atom. The zero-order valence-electron chi connectivity index (χ0n) is 8.79. The summed E-state index contributed by atoms with van der Waals surface area (Å²) >= 11 is 3.27. The van der Waals surface area contributed by atoms with Crippen LogP contribution in [-0.4, -0.2) is 0 Å². The van der Waals surface area contributed by atoms with Gasteiger partial charge in [-0.1, -0.05) is 26.7 Å². The highest BCUT2D eigenvalue weighted by atomic mass is 79.9. The molecule has 3 heteroatoms. The number of rotatable bonds is 5. The van der Waals surface area contributed by atoms with Crippen molar-refractivity contribution in [2.24, 2.45) is 11.7 Å². The van der Waals surface area contributed by atoms with E-state index in [1.165, 1.54) is 6.42 Å². The van der Waals surface area contributed by atoms with Gasteiger partial charge < -0.3 is 10.2 Å². The van der Waals surface area contributed by atoms with E-state index in [-0.39, 0.29) is 6.04 Å². The Labute approximate surface area is 94.0 Å². The minimum atomic E-state index is 0.0417. The molecule has 14 heavy (non-hydrogen) atoms. The fourth-order valence-corrected chi connectivity index (χ4v) is 1.73. The van der Waals surface area contributed by atoms with Crippen molar-refractivity contribution < 1.29 is 4.42 Å². The average Bonchev–Trinajstić information content (AvgIpc) is 2.51. The van der Waals surface area contributed by atoms with Gasteiger partial charge in [0.1, 0.15) is 5.76 Å². The van der Waals surface area contributed by atoms with Gasteiger partial charge in [-0.15, -0.1) is 0 Å². The third-order valence-corrected chi connectivity index (χ3v) is 2.68. The summed E-state index contributed by atoms with van der Waals surface area (Å²) in [6.07, 6.45) is 3.39. The molecule has 80 valence electrons. The molecule has 2 nitrogen and oxygen atoms in total. The van der Waals surface area contributed by atoms with Crippen molar-refractivity contribution in [1.29, 1.82) is 0 Å². The largest absolute Gasteiger partial charge is 0.453 e. The minimum Gasteiger partial charge on any atom is -0.453 e. The molecule has 1 heterocycles. The van der Waals surface area contributed by atoms with Crippen molar-refractivity contribution in [3.05, 3.63) is 22.6 Å². The van der Waals surface area contributed by atoms with Crippen LogP contribution in [0.1, 0.15) is 44.9 Å². The highest BCUT2D eigenvalue weighted by Gasteiger charge is 2.10. The maximum absolute atomic E-state index is 5.98. The molecule has 0 aliphatic heterocycles. The van der Waals surface area contributed by atoms with E-state index in [2.05, 4.69) is 29.8 Å². The van der Waals surface area contributed by atoms with Gasteiger partial charge in [-0.25, -0.2) is 0 Å². The smallest absolute Gasteiger partial charge is 0.169 e. The summed E-state index contributed by atoms with van der Waals surface area (Å²) in [5, 5.41) is 0. The molecule has 0 amide bonds. The van der Waals surface area contributed by atoms with E-state index in [0.717, 1.165) is 29.2 Å². The van der Waals surface area contributed by atoms with Crippen LogP contribution >= 0.6 is 15.9 Å². The van der Waals surface area contributed by atoms with Gasteiger partial charge in [0.2, 0.25) is 0 Å². The molecular formula is C11H18BrNO. The summed E-state index contributed by atoms with van der Waals surface area (Å²) in [5.74, 6) is 1.63. The van der Waals surface area contributed by atoms with Gasteiger partial charge in [0, 0.05) is 0 Å². The number of nitrogens with two attached hydrogens (primary N) is 1. The normalized spacial score (nSPS) is 13.5. The fraction of sp³-hybridized carbons (Fsp3) is 0.636. The maximum atomic E-state index is 5.98. The molecule has 0 spiro atoms. The molecule has 1 aromatic heterocycles. The van der Waals surface area contributed by atoms with E-state index in [1.807, 2.05) is 12.1 Å². The lowest BCUT2D eigenvalue weighted by Crippen LogP contribution is -2.09. The van der Waals surface area contributed by atoms with E-state index in [4.69, 9.17) is 10.2 Å². The Balaban J connectivity index is 2.32. The number of halogens is 1. The Bertz CT molecular complexity index is 270. The van der Waals surface area contributed by atoms with Crippen molar-refractivity contribution in [2.45, 2.75) is 39.2 Å². The van der Waals surface area contributed by atoms with Crippen LogP contribution in [0.2, 0.25) is 0 Å². The standard InChI is InChI=1S/C11H18BrNO/c1-8(2)4-3-5-9(13)10-6-7-11(12)14-10/h6-9H,3-5,13H2,1-2H3. The van der Waals surface area contributed by atoms with Crippen molar-refractivity contribution in [3.63, 3.8) is 0 Å². The molecule has 2 N–H and O–H groups in total. The second-order valence-electron chi connectivity index (χ2n) is 4.07. The van der Waals surface area contributed by atoms with Crippen LogP contribution in [0.25, 0.3) is 0 Å². The van der Waals surface area contributed by atoms with Crippen LogP contribution in [0.4, 0.5) is 0 Å². The summed E-state index contributed by atoms with van der Waals surface area (Å²) in [6.45, 7) is 4.46. The van der Waals surface area contributed by atoms with Gasteiger partial charge in [-0.05, 0) is 40.4 Å². The molecule has 0 aromatic carbocycles. The first kappa shape index (κ1) is 11.8. The molecule has 1 aromatic rings. The third-order valence-electron chi connectivity index (χ3n) is 2.26. The first-order valence-electron chi connectivity index (χ1n) is 5.10. The maximum Gasteiger partial charge on any atom is 0.169 e. The van der Waals surface area contributed by atoms with E-state index >= 15 is 0 Å². The van der Waals surface area contributed by atoms with Crippen LogP contribution in [0.3, 0.4) is 0 Å². The van der Waals surface area contributed by atoms with Gasteiger partial charge in [0.05, 0.1) is 6.04 Å². The first-order valence-corrected chi connectivity index (χ1v) is 5.89. The summed E-state index contributed by atoms with van der Waals surface area (Å²) < 4.78 is 6.15. The van der Waals surface area contributed by atoms with Gasteiger partial charge in [-0.2, -0.15) is 0 Å². The number of hydrogen-bond acceptors (Lipinski definition) is 2. The Morgan fingerprint density at radius 3 is 2.57 bits per heavy atom. The second-order valence-corrected chi connectivity index (χ2v) is 4.85. The van der Waals surface area contributed by atoms with Crippen molar-refractivity contribution in [2.75, 3.05) is 0 Å². The minimum absolute atomic E-state index is 0.0417. The predicted molar refractivity (Wildman–Crippen MR) is 62.0 cm³/mol. The lowest BCUT2D eigenvalue weighted by molar-refractivity contribution is 0.418. The van der Waals surface area contributed by atoms with E-state index in [1.54, 1.807) is 0 Å². The van der Waals surface area contributed by atoms with Crippen molar-refractivity contribution in [3.8, 4) is 0 Å². The molecule has 0 saturated heterocycles. The summed E-state index contributed by atoms with van der Waals surface area (Å²) in [5.41, 5.74) is 5.98. The zero-order valence-corrected chi connectivity index (χ0v) is 10.4. The predicted octanol–water partition coefficient (Wildman–Crippen LogP) is 3.87. The SMILES string of the molecule is CC(C)CCCC(N)c1ccc(Br)o1. The highest BCUT2D eigenvalue weighted by Crippen LogP contribution is 2.23. The van der Waals surface area contributed by atoms with Crippen LogP contribution in [0.15, 0.2) is 21.2 Å². The number of furan rings is 1. The summed E-state index contributed by atoms with van der Waals surface area (Å²) in [4.78, 5) is 0. The van der Waals surface area contributed by atoms with E-state index < -0.39 is 0 Å². The molecule has 1 unspecified atom stereocenters. The molecule has 0 aliphatic carbocycles. The van der Waals surface area contributed by atoms with Crippen LogP contribution in [0, 0.1) is 5.92 Å². The van der Waals surface area contributed by atoms with Gasteiger partial charge in [-0.3, -0.25) is 0 Å². The topological polar surface area (TPSA) is 39.2 Å². The molecule has 0 fully saturated rings. The molecule has 0 radical (unpaired) electrons. The number of hydrogen-bond donors (Lipinski definition) is 1. The fourth-order valence-electron chi connectivity index (χ4n) is 1.42. The molecular weight excluding hydrogens is 242 g/mol. The molecule has 0 bridgehead atoms. The van der Waals surface area contributed by atoms with Gasteiger partial charge in [0.15, 0.2) is 4.67 Å². The van der Waals surface area contributed by atoms with Gasteiger partial charge in [0.25, 0.3) is 0 Å². The van der Waals surface area contributed by atoms with Crippen LogP contribution in [-0.2, 0) is 0 Å². The lowest BCUT2D eigenvalue weighted by atomic mass is 10.0. The molecule has 0 aliphatic rings. The average molecular weight is 260 g/mol. The molecule has 1 rings (SSSR count). The van der Waals surface area contributed by atoms with Crippen LogP contribution in [0.5, 0.6) is 0 Å². The van der Waals surface area contributed by atoms with Gasteiger partial charge >= 0.3 is 0 Å². The van der Waals surface area contributed by atoms with E-state index in [9.17, 15) is 0 Å². The first-order chi connectivity index (χ1) is 6.59. The summed E-state index contributed by atoms with van der Waals surface area (Å²) in [6, 6.07) is 3.86. The second kappa shape index (κ2) is 5.56. The molecule has 1 atom stereocenters. The third kappa shape index (κ3) is 3.84. The lowest BCUT2D eigenvalue weighted by Gasteiger charge is -2.09. The highest BCUT2D eigenvalue weighted by molar-refractivity contribution is 9.10. The Hall–Kier alpha value is -0.280. The molecule has 0 saturated carbocycles. The van der Waals surface area contributed by atoms with E-state index in [0.29, 0.717) is 0 Å². The zero-order chi connectivity index (χ0) is 10.6. The van der Waals surface area contributed by atoms with Crippen LogP contribution < -0.4 is 5.73 Å². The monoisotopic (exact) mass is 259 g/mol. The quantitative estimate of drug-likeness (QED) is 0.872. The Morgan fingerprint density at radius 2 is 2.07 bits per heavy atom.